The first-order valence-corrected chi connectivity index (χ1v) is 6.89. The number of hydrogen-bond acceptors (Lipinski definition) is 2. The van der Waals surface area contributed by atoms with E-state index in [1.54, 1.807) is 0 Å². The van der Waals surface area contributed by atoms with E-state index in [1.165, 1.54) is 12.8 Å². The fourth-order valence-electron chi connectivity index (χ4n) is 2.04. The molecule has 1 rings (SSSR count). The quantitative estimate of drug-likeness (QED) is 0.792. The summed E-state index contributed by atoms with van der Waals surface area (Å²) in [5, 5.41) is 6.46. The molecule has 3 heteroatoms. The van der Waals surface area contributed by atoms with Crippen molar-refractivity contribution in [1.29, 1.82) is 0 Å². The van der Waals surface area contributed by atoms with Crippen molar-refractivity contribution >= 4 is 5.91 Å². The number of hydrogen-bond donors (Lipinski definition) is 2. The molecule has 0 aromatic rings. The summed E-state index contributed by atoms with van der Waals surface area (Å²) in [6.45, 7) is 10.8. The lowest BCUT2D eigenvalue weighted by molar-refractivity contribution is -0.122. The standard InChI is InChI=1S/C14H28N2O/c1-11(14(2,3)4)16-13(17)6-5-12-7-9-15-10-8-12/h11-12,15H,5-10H2,1-4H3,(H,16,17). The van der Waals surface area contributed by atoms with Crippen LogP contribution < -0.4 is 10.6 Å². The van der Waals surface area contributed by atoms with Gasteiger partial charge in [0.25, 0.3) is 0 Å². The Bertz CT molecular complexity index is 239. The van der Waals surface area contributed by atoms with Crippen molar-refractivity contribution in [3.8, 4) is 0 Å². The molecule has 1 heterocycles. The highest BCUT2D eigenvalue weighted by molar-refractivity contribution is 5.76. The monoisotopic (exact) mass is 240 g/mol. The van der Waals surface area contributed by atoms with E-state index in [2.05, 4.69) is 38.3 Å². The maximum Gasteiger partial charge on any atom is 0.220 e. The number of nitrogens with one attached hydrogen (secondary N) is 2. The molecule has 0 spiro atoms. The summed E-state index contributed by atoms with van der Waals surface area (Å²) in [4.78, 5) is 11.8. The normalized spacial score (nSPS) is 20.0. The van der Waals surface area contributed by atoms with Gasteiger partial charge >= 0.3 is 0 Å². The third-order valence-electron chi connectivity index (χ3n) is 3.91. The fraction of sp³-hybridized carbons (Fsp3) is 0.929. The first-order chi connectivity index (χ1) is 7.89. The zero-order valence-corrected chi connectivity index (χ0v) is 11.8. The highest BCUT2D eigenvalue weighted by atomic mass is 16.1. The van der Waals surface area contributed by atoms with Gasteiger partial charge in [0, 0.05) is 12.5 Å². The van der Waals surface area contributed by atoms with E-state index in [9.17, 15) is 4.79 Å². The Morgan fingerprint density at radius 2 is 1.94 bits per heavy atom. The van der Waals surface area contributed by atoms with Gasteiger partial charge < -0.3 is 10.6 Å². The summed E-state index contributed by atoms with van der Waals surface area (Å²) in [7, 11) is 0. The van der Waals surface area contributed by atoms with Crippen LogP contribution in [0.25, 0.3) is 0 Å². The molecule has 1 aliphatic heterocycles. The van der Waals surface area contributed by atoms with Crippen LogP contribution in [0.4, 0.5) is 0 Å². The molecule has 1 fully saturated rings. The van der Waals surface area contributed by atoms with Crippen molar-refractivity contribution in [3.05, 3.63) is 0 Å². The van der Waals surface area contributed by atoms with Crippen molar-refractivity contribution in [2.75, 3.05) is 13.1 Å². The first-order valence-electron chi connectivity index (χ1n) is 6.89. The molecule has 1 aliphatic rings. The lowest BCUT2D eigenvalue weighted by Gasteiger charge is -2.28. The van der Waals surface area contributed by atoms with Gasteiger partial charge in [0.05, 0.1) is 0 Å². The van der Waals surface area contributed by atoms with E-state index >= 15 is 0 Å². The molecule has 0 aromatic carbocycles. The molecule has 100 valence electrons. The van der Waals surface area contributed by atoms with Crippen molar-refractivity contribution in [2.45, 2.75) is 59.4 Å². The zero-order valence-electron chi connectivity index (χ0n) is 11.8. The molecule has 0 aromatic heterocycles. The summed E-state index contributed by atoms with van der Waals surface area (Å²) in [6.07, 6.45) is 4.18. The van der Waals surface area contributed by atoms with Crippen LogP contribution in [0.15, 0.2) is 0 Å². The molecular weight excluding hydrogens is 212 g/mol. The first kappa shape index (κ1) is 14.5. The number of rotatable bonds is 4. The average Bonchev–Trinajstić information content (AvgIpc) is 2.26. The van der Waals surface area contributed by atoms with Gasteiger partial charge in [-0.2, -0.15) is 0 Å². The molecule has 0 bridgehead atoms. The Kier molecular flexibility index (Phi) is 5.44. The third-order valence-corrected chi connectivity index (χ3v) is 3.91. The summed E-state index contributed by atoms with van der Waals surface area (Å²) in [6, 6.07) is 0.239. The van der Waals surface area contributed by atoms with Crippen LogP contribution in [0.1, 0.15) is 53.4 Å². The molecule has 1 saturated heterocycles. The number of carbonyl (C=O) groups excluding carboxylic acids is 1. The van der Waals surface area contributed by atoms with E-state index in [1.807, 2.05) is 0 Å². The SMILES string of the molecule is CC(NC(=O)CCC1CCNCC1)C(C)(C)C. The van der Waals surface area contributed by atoms with E-state index in [4.69, 9.17) is 0 Å². The number of piperidine rings is 1. The van der Waals surface area contributed by atoms with Crippen LogP contribution in [0.3, 0.4) is 0 Å². The summed E-state index contributed by atoms with van der Waals surface area (Å²) in [5.74, 6) is 0.956. The zero-order chi connectivity index (χ0) is 12.9. The van der Waals surface area contributed by atoms with Gasteiger partial charge in [-0.05, 0) is 50.6 Å². The van der Waals surface area contributed by atoms with Crippen LogP contribution in [0.5, 0.6) is 0 Å². The smallest absolute Gasteiger partial charge is 0.220 e. The van der Waals surface area contributed by atoms with E-state index in [0.29, 0.717) is 6.42 Å². The summed E-state index contributed by atoms with van der Waals surface area (Å²) < 4.78 is 0. The highest BCUT2D eigenvalue weighted by Crippen LogP contribution is 2.20. The lowest BCUT2D eigenvalue weighted by atomic mass is 9.87. The topological polar surface area (TPSA) is 41.1 Å². The van der Waals surface area contributed by atoms with Crippen molar-refractivity contribution in [3.63, 3.8) is 0 Å². The van der Waals surface area contributed by atoms with Gasteiger partial charge in [-0.25, -0.2) is 0 Å². The Hall–Kier alpha value is -0.570. The van der Waals surface area contributed by atoms with Crippen LogP contribution >= 0.6 is 0 Å². The van der Waals surface area contributed by atoms with Gasteiger partial charge in [0.1, 0.15) is 0 Å². The largest absolute Gasteiger partial charge is 0.353 e. The lowest BCUT2D eigenvalue weighted by Crippen LogP contribution is -2.41. The predicted molar refractivity (Wildman–Crippen MR) is 71.9 cm³/mol. The molecule has 0 saturated carbocycles. The van der Waals surface area contributed by atoms with Crippen LogP contribution in [0.2, 0.25) is 0 Å². The molecule has 1 amide bonds. The molecule has 1 atom stereocenters. The third kappa shape index (κ3) is 5.53. The summed E-state index contributed by atoms with van der Waals surface area (Å²) in [5.41, 5.74) is 0.143. The summed E-state index contributed by atoms with van der Waals surface area (Å²) >= 11 is 0. The molecule has 0 radical (unpaired) electrons. The average molecular weight is 240 g/mol. The van der Waals surface area contributed by atoms with Crippen molar-refractivity contribution in [1.82, 2.24) is 10.6 Å². The molecule has 2 N–H and O–H groups in total. The van der Waals surface area contributed by atoms with Crippen LogP contribution in [-0.4, -0.2) is 25.0 Å². The van der Waals surface area contributed by atoms with Crippen LogP contribution in [0, 0.1) is 11.3 Å². The second kappa shape index (κ2) is 6.39. The van der Waals surface area contributed by atoms with E-state index in [-0.39, 0.29) is 17.4 Å². The second-order valence-electron chi connectivity index (χ2n) is 6.39. The maximum atomic E-state index is 11.8. The van der Waals surface area contributed by atoms with Crippen molar-refractivity contribution in [2.24, 2.45) is 11.3 Å². The molecule has 3 nitrogen and oxygen atoms in total. The minimum Gasteiger partial charge on any atom is -0.353 e. The number of amides is 1. The minimum absolute atomic E-state index is 0.143. The Morgan fingerprint density at radius 3 is 2.47 bits per heavy atom. The maximum absolute atomic E-state index is 11.8. The molecule has 0 aliphatic carbocycles. The van der Waals surface area contributed by atoms with Gasteiger partial charge in [-0.3, -0.25) is 4.79 Å². The van der Waals surface area contributed by atoms with Gasteiger partial charge in [-0.1, -0.05) is 20.8 Å². The predicted octanol–water partition coefficient (Wildman–Crippen LogP) is 2.32. The second-order valence-corrected chi connectivity index (χ2v) is 6.39. The van der Waals surface area contributed by atoms with Gasteiger partial charge in [0.15, 0.2) is 0 Å². The minimum atomic E-state index is 0.143. The Morgan fingerprint density at radius 1 is 1.35 bits per heavy atom. The van der Waals surface area contributed by atoms with E-state index < -0.39 is 0 Å². The van der Waals surface area contributed by atoms with Gasteiger partial charge in [0.2, 0.25) is 5.91 Å². The molecule has 1 unspecified atom stereocenters. The van der Waals surface area contributed by atoms with Crippen molar-refractivity contribution < 1.29 is 4.79 Å². The fourth-order valence-corrected chi connectivity index (χ4v) is 2.04. The molecular formula is C14H28N2O. The van der Waals surface area contributed by atoms with Gasteiger partial charge in [-0.15, -0.1) is 0 Å². The van der Waals surface area contributed by atoms with E-state index in [0.717, 1.165) is 25.4 Å². The van der Waals surface area contributed by atoms with Crippen LogP contribution in [-0.2, 0) is 4.79 Å². The Balaban J connectivity index is 2.20. The highest BCUT2D eigenvalue weighted by Gasteiger charge is 2.22. The molecule has 17 heavy (non-hydrogen) atoms. The number of carbonyl (C=O) groups is 1. The Labute approximate surface area is 106 Å².